The van der Waals surface area contributed by atoms with E-state index in [1.807, 2.05) is 6.92 Å². The molecule has 0 aromatic carbocycles. The number of rotatable bonds is 11. The van der Waals surface area contributed by atoms with Crippen molar-refractivity contribution in [3.63, 3.8) is 0 Å². The smallest absolute Gasteiger partial charge is 0.237 e. The number of amides is 1. The Bertz CT molecular complexity index is 234. The van der Waals surface area contributed by atoms with E-state index >= 15 is 0 Å². The second kappa shape index (κ2) is 9.34. The van der Waals surface area contributed by atoms with Crippen molar-refractivity contribution < 1.29 is 9.53 Å². The molecule has 18 heavy (non-hydrogen) atoms. The third-order valence-corrected chi connectivity index (χ3v) is 3.36. The summed E-state index contributed by atoms with van der Waals surface area (Å²) in [5, 5.41) is 3.24. The van der Waals surface area contributed by atoms with Gasteiger partial charge in [0.15, 0.2) is 0 Å². The summed E-state index contributed by atoms with van der Waals surface area (Å²) in [5.41, 5.74) is 4.89. The summed E-state index contributed by atoms with van der Waals surface area (Å²) >= 11 is 0. The molecule has 2 unspecified atom stereocenters. The van der Waals surface area contributed by atoms with Crippen molar-refractivity contribution in [1.29, 1.82) is 0 Å². The van der Waals surface area contributed by atoms with Crippen LogP contribution in [0.25, 0.3) is 0 Å². The van der Waals surface area contributed by atoms with Crippen molar-refractivity contribution in [3.05, 3.63) is 0 Å². The summed E-state index contributed by atoms with van der Waals surface area (Å²) in [6.45, 7) is 9.75. The van der Waals surface area contributed by atoms with Crippen molar-refractivity contribution in [1.82, 2.24) is 5.32 Å². The fourth-order valence-electron chi connectivity index (χ4n) is 1.68. The van der Waals surface area contributed by atoms with E-state index in [9.17, 15) is 4.79 Å². The first kappa shape index (κ1) is 17.4. The zero-order chi connectivity index (χ0) is 14.0. The second-order valence-electron chi connectivity index (χ2n) is 5.17. The molecule has 4 heteroatoms. The Morgan fingerprint density at radius 2 is 2.06 bits per heavy atom. The van der Waals surface area contributed by atoms with Crippen LogP contribution in [0.2, 0.25) is 0 Å². The summed E-state index contributed by atoms with van der Waals surface area (Å²) in [7, 11) is 0. The van der Waals surface area contributed by atoms with Crippen LogP contribution in [0.4, 0.5) is 0 Å². The van der Waals surface area contributed by atoms with E-state index in [2.05, 4.69) is 26.1 Å². The molecule has 0 aromatic rings. The largest absolute Gasteiger partial charge is 0.379 e. The van der Waals surface area contributed by atoms with Crippen molar-refractivity contribution in [2.75, 3.05) is 13.2 Å². The summed E-state index contributed by atoms with van der Waals surface area (Å²) in [6.07, 6.45) is 5.06. The maximum atomic E-state index is 11.5. The van der Waals surface area contributed by atoms with Crippen LogP contribution in [-0.2, 0) is 9.53 Å². The van der Waals surface area contributed by atoms with Gasteiger partial charge in [-0.1, -0.05) is 13.8 Å². The van der Waals surface area contributed by atoms with Crippen molar-refractivity contribution >= 4 is 5.91 Å². The highest BCUT2D eigenvalue weighted by atomic mass is 16.5. The predicted octanol–water partition coefficient (Wildman–Crippen LogP) is 2.22. The first-order valence-electron chi connectivity index (χ1n) is 7.12. The lowest BCUT2D eigenvalue weighted by Gasteiger charge is -2.27. The number of nitrogens with one attached hydrogen (secondary N) is 1. The predicted molar refractivity (Wildman–Crippen MR) is 75.4 cm³/mol. The Kier molecular flexibility index (Phi) is 9.02. The maximum Gasteiger partial charge on any atom is 0.237 e. The van der Waals surface area contributed by atoms with Crippen LogP contribution in [-0.4, -0.2) is 30.7 Å². The number of primary amides is 1. The Morgan fingerprint density at radius 1 is 1.39 bits per heavy atom. The van der Waals surface area contributed by atoms with Crippen LogP contribution in [0.1, 0.15) is 59.8 Å². The van der Waals surface area contributed by atoms with Crippen LogP contribution in [0, 0.1) is 0 Å². The monoisotopic (exact) mass is 258 g/mol. The lowest BCUT2D eigenvalue weighted by molar-refractivity contribution is -0.124. The van der Waals surface area contributed by atoms with Crippen LogP contribution in [0.15, 0.2) is 0 Å². The number of unbranched alkanes of at least 4 members (excludes halogenated alkanes) is 1. The molecule has 0 heterocycles. The van der Waals surface area contributed by atoms with Crippen molar-refractivity contribution in [3.8, 4) is 0 Å². The zero-order valence-corrected chi connectivity index (χ0v) is 12.4. The minimum absolute atomic E-state index is 0.265. The van der Waals surface area contributed by atoms with E-state index < -0.39 is 5.54 Å². The molecule has 0 saturated heterocycles. The topological polar surface area (TPSA) is 64.3 Å². The minimum Gasteiger partial charge on any atom is -0.379 e. The fourth-order valence-corrected chi connectivity index (χ4v) is 1.68. The van der Waals surface area contributed by atoms with E-state index in [0.717, 1.165) is 45.3 Å². The van der Waals surface area contributed by atoms with Crippen LogP contribution >= 0.6 is 0 Å². The molecular weight excluding hydrogens is 228 g/mol. The number of carbonyl (C=O) groups excluding carboxylic acids is 1. The van der Waals surface area contributed by atoms with Gasteiger partial charge in [-0.15, -0.1) is 0 Å². The molecule has 0 aliphatic carbocycles. The van der Waals surface area contributed by atoms with Crippen LogP contribution < -0.4 is 11.1 Å². The molecule has 0 fully saturated rings. The molecule has 4 nitrogen and oxygen atoms in total. The highest BCUT2D eigenvalue weighted by Gasteiger charge is 2.29. The van der Waals surface area contributed by atoms with Gasteiger partial charge < -0.3 is 15.8 Å². The number of ether oxygens (including phenoxy) is 1. The van der Waals surface area contributed by atoms with Gasteiger partial charge in [-0.25, -0.2) is 0 Å². The molecule has 0 aliphatic heterocycles. The highest BCUT2D eigenvalue weighted by Crippen LogP contribution is 2.14. The summed E-state index contributed by atoms with van der Waals surface area (Å²) in [5.74, 6) is -0.265. The second-order valence-corrected chi connectivity index (χ2v) is 5.17. The molecule has 108 valence electrons. The number of carbonyl (C=O) groups is 1. The lowest BCUT2D eigenvalue weighted by atomic mass is 9.94. The Labute approximate surface area is 112 Å². The number of nitrogens with two attached hydrogens (primary N) is 1. The average molecular weight is 258 g/mol. The highest BCUT2D eigenvalue weighted by molar-refractivity contribution is 5.84. The molecule has 2 atom stereocenters. The standard InChI is InChI=1S/C14H30N2O2/c1-5-10-16-14(4,13(15)17)9-7-8-11-18-12(3)6-2/h12,16H,5-11H2,1-4H3,(H2,15,17). The summed E-state index contributed by atoms with van der Waals surface area (Å²) in [6, 6.07) is 0. The average Bonchev–Trinajstić information content (AvgIpc) is 2.35. The zero-order valence-electron chi connectivity index (χ0n) is 12.4. The van der Waals surface area contributed by atoms with Crippen LogP contribution in [0.5, 0.6) is 0 Å². The number of hydrogen-bond acceptors (Lipinski definition) is 3. The molecule has 0 aliphatic rings. The normalized spacial score (nSPS) is 16.2. The van der Waals surface area contributed by atoms with Gasteiger partial charge in [0.05, 0.1) is 11.6 Å². The van der Waals surface area contributed by atoms with E-state index in [1.54, 1.807) is 0 Å². The van der Waals surface area contributed by atoms with Gasteiger partial charge in [0.2, 0.25) is 5.91 Å². The maximum absolute atomic E-state index is 11.5. The summed E-state index contributed by atoms with van der Waals surface area (Å²) < 4.78 is 5.61. The van der Waals surface area contributed by atoms with Gasteiger partial charge in [-0.2, -0.15) is 0 Å². The molecule has 0 radical (unpaired) electrons. The van der Waals surface area contributed by atoms with E-state index in [1.165, 1.54) is 0 Å². The minimum atomic E-state index is -0.577. The number of hydrogen-bond donors (Lipinski definition) is 2. The fraction of sp³-hybridized carbons (Fsp3) is 0.929. The van der Waals surface area contributed by atoms with Gasteiger partial charge >= 0.3 is 0 Å². The van der Waals surface area contributed by atoms with Gasteiger partial charge in [0.25, 0.3) is 0 Å². The first-order valence-corrected chi connectivity index (χ1v) is 7.12. The van der Waals surface area contributed by atoms with Gasteiger partial charge in [0.1, 0.15) is 0 Å². The van der Waals surface area contributed by atoms with Crippen LogP contribution in [0.3, 0.4) is 0 Å². The quantitative estimate of drug-likeness (QED) is 0.558. The Hall–Kier alpha value is -0.610. The van der Waals surface area contributed by atoms with E-state index in [-0.39, 0.29) is 5.91 Å². The Morgan fingerprint density at radius 3 is 2.56 bits per heavy atom. The van der Waals surface area contributed by atoms with Gasteiger partial charge in [0, 0.05) is 6.61 Å². The van der Waals surface area contributed by atoms with Gasteiger partial charge in [-0.3, -0.25) is 4.79 Å². The molecule has 0 aromatic heterocycles. The summed E-state index contributed by atoms with van der Waals surface area (Å²) in [4.78, 5) is 11.5. The third kappa shape index (κ3) is 6.97. The molecule has 1 amide bonds. The lowest BCUT2D eigenvalue weighted by Crippen LogP contribution is -2.53. The van der Waals surface area contributed by atoms with Crippen molar-refractivity contribution in [2.45, 2.75) is 71.4 Å². The molecular formula is C14H30N2O2. The van der Waals surface area contributed by atoms with E-state index in [0.29, 0.717) is 6.10 Å². The Balaban J connectivity index is 3.87. The SMILES string of the molecule is CCCNC(C)(CCCCOC(C)CC)C(N)=O. The first-order chi connectivity index (χ1) is 8.46. The molecule has 3 N–H and O–H groups in total. The molecule has 0 saturated carbocycles. The molecule has 0 spiro atoms. The third-order valence-electron chi connectivity index (χ3n) is 3.36. The molecule has 0 rings (SSSR count). The van der Waals surface area contributed by atoms with E-state index in [4.69, 9.17) is 10.5 Å². The molecule has 0 bridgehead atoms. The van der Waals surface area contributed by atoms with Crippen molar-refractivity contribution in [2.24, 2.45) is 5.73 Å². The van der Waals surface area contributed by atoms with Gasteiger partial charge in [-0.05, 0) is 52.5 Å².